The molecule has 3 aliphatic rings. The number of nitrogen functional groups attached to an aromatic ring is 1. The highest BCUT2D eigenvalue weighted by Gasteiger charge is 2.82. The molecule has 3 N–H and O–H groups in total. The molecule has 2 aliphatic carbocycles. The summed E-state index contributed by atoms with van der Waals surface area (Å²) in [5.41, 5.74) is 4.01. The Hall–Kier alpha value is -4.94. The molecule has 1 saturated heterocycles. The van der Waals surface area contributed by atoms with Gasteiger partial charge in [0.15, 0.2) is 23.6 Å². The van der Waals surface area contributed by atoms with Crippen molar-refractivity contribution in [2.24, 2.45) is 5.92 Å². The highest BCUT2D eigenvalue weighted by molar-refractivity contribution is 7.44. The molecule has 0 amide bonds. The number of H-pyrrole nitrogens is 1. The van der Waals surface area contributed by atoms with E-state index >= 15 is 4.39 Å². The summed E-state index contributed by atoms with van der Waals surface area (Å²) < 4.78 is 61.2. The molecule has 5 aromatic rings. The zero-order valence-corrected chi connectivity index (χ0v) is 34.8. The lowest BCUT2D eigenvalue weighted by Gasteiger charge is -2.44. The summed E-state index contributed by atoms with van der Waals surface area (Å²) in [5, 5.41) is 9.46. The number of nitrogens with two attached hydrogens (primary N) is 1. The summed E-state index contributed by atoms with van der Waals surface area (Å²) in [6.07, 6.45) is -1.90. The van der Waals surface area contributed by atoms with Crippen LogP contribution < -0.4 is 20.8 Å². The van der Waals surface area contributed by atoms with Gasteiger partial charge < -0.3 is 33.7 Å². The SMILES string of the molecule is COc1ccc(C(O[C@]23C[C@H]2C[C@@]2(OP(OCCC#N)N(C(C)C)C(C)C)[C@@H]3O[C@@H](n3cnc4c(=O)[nH]c(N)nc43)[C@H]2F)(c2ccccc2)c2ccc(OC)cc2)cc1. The highest BCUT2D eigenvalue weighted by Crippen LogP contribution is 2.73. The number of imidazole rings is 1. The molecular formula is C43H49FN7O7P. The molecule has 3 heterocycles. The molecule has 8 rings (SSSR count). The average molecular weight is 826 g/mol. The number of ether oxygens (including phenoxy) is 4. The molecule has 16 heteroatoms. The van der Waals surface area contributed by atoms with Crippen molar-refractivity contribution < 1.29 is 32.4 Å². The van der Waals surface area contributed by atoms with E-state index in [0.717, 1.165) is 16.7 Å². The molecule has 0 radical (unpaired) electrons. The van der Waals surface area contributed by atoms with Crippen LogP contribution in [0.2, 0.25) is 0 Å². The van der Waals surface area contributed by atoms with E-state index in [1.165, 1.54) is 10.9 Å². The summed E-state index contributed by atoms with van der Waals surface area (Å²) in [7, 11) is 1.29. The quantitative estimate of drug-likeness (QED) is 0.0586. The first kappa shape index (κ1) is 40.8. The standard InChI is InChI=1S/C43H49FN7O7P/c1-26(2)51(27(3)4)59(55-22-10-21-45)58-42-24-31-23-41(31,39(42)56-38(35(42)44)50-25-47-34-36(50)48-40(46)49-37(34)52)57-43(28-11-8-7-9-12-28,29-13-17-32(53-5)18-14-29)30-15-19-33(54-6)20-16-30/h7-9,11-20,25-27,31,35,38-39H,10,22-24H2,1-6H3,(H3,46,48,49,52)/t31-,35+,38+,39+,41+,42-,59?/m0/s1. The number of anilines is 1. The summed E-state index contributed by atoms with van der Waals surface area (Å²) >= 11 is 0. The molecule has 3 aromatic carbocycles. The fraction of sp³-hybridized carbons (Fsp3) is 0.442. The minimum absolute atomic E-state index is 0.00715. The van der Waals surface area contributed by atoms with E-state index in [0.29, 0.717) is 17.9 Å². The van der Waals surface area contributed by atoms with Crippen molar-refractivity contribution >= 4 is 25.6 Å². The third kappa shape index (κ3) is 6.85. The lowest BCUT2D eigenvalue weighted by Crippen LogP contribution is -2.52. The Labute approximate surface area is 343 Å². The summed E-state index contributed by atoms with van der Waals surface area (Å²) in [4.78, 5) is 24.0. The predicted octanol–water partition coefficient (Wildman–Crippen LogP) is 7.16. The first-order valence-corrected chi connectivity index (χ1v) is 20.9. The fourth-order valence-electron chi connectivity index (χ4n) is 9.10. The van der Waals surface area contributed by atoms with Crippen LogP contribution in [0.15, 0.2) is 90.0 Å². The topological polar surface area (TPSA) is 172 Å². The van der Waals surface area contributed by atoms with Gasteiger partial charge in [-0.1, -0.05) is 54.6 Å². The Morgan fingerprint density at radius 2 is 1.58 bits per heavy atom. The third-order valence-corrected chi connectivity index (χ3v) is 13.9. The van der Waals surface area contributed by atoms with E-state index in [-0.39, 0.29) is 54.6 Å². The van der Waals surface area contributed by atoms with Gasteiger partial charge in [-0.05, 0) is 87.4 Å². The summed E-state index contributed by atoms with van der Waals surface area (Å²) in [5.74, 6) is 1.02. The molecule has 7 atom stereocenters. The maximum atomic E-state index is 18.2. The molecule has 3 fully saturated rings. The first-order chi connectivity index (χ1) is 28.4. The van der Waals surface area contributed by atoms with Crippen LogP contribution in [0.3, 0.4) is 0 Å². The van der Waals surface area contributed by atoms with Crippen LogP contribution in [0.25, 0.3) is 11.2 Å². The number of alkyl halides is 1. The van der Waals surface area contributed by atoms with Gasteiger partial charge in [-0.3, -0.25) is 14.3 Å². The number of aromatic nitrogens is 4. The van der Waals surface area contributed by atoms with Gasteiger partial charge in [-0.15, -0.1) is 0 Å². The van der Waals surface area contributed by atoms with Crippen molar-refractivity contribution in [1.82, 2.24) is 24.2 Å². The second-order valence-electron chi connectivity index (χ2n) is 15.8. The molecule has 2 aromatic heterocycles. The van der Waals surface area contributed by atoms with E-state index in [1.807, 2.05) is 107 Å². The Morgan fingerprint density at radius 3 is 2.15 bits per heavy atom. The molecule has 1 unspecified atom stereocenters. The second-order valence-corrected chi connectivity index (χ2v) is 17.2. The second kappa shape index (κ2) is 15.9. The van der Waals surface area contributed by atoms with Crippen LogP contribution in [-0.4, -0.2) is 80.6 Å². The molecule has 2 saturated carbocycles. The van der Waals surface area contributed by atoms with E-state index in [4.69, 9.17) is 33.7 Å². The van der Waals surface area contributed by atoms with Crippen molar-refractivity contribution in [3.05, 3.63) is 112 Å². The smallest absolute Gasteiger partial charge is 0.280 e. The Kier molecular flexibility index (Phi) is 11.0. The molecular weight excluding hydrogens is 776 g/mol. The van der Waals surface area contributed by atoms with Crippen LogP contribution in [0, 0.1) is 17.2 Å². The maximum Gasteiger partial charge on any atom is 0.280 e. The molecule has 0 spiro atoms. The Balaban J connectivity index is 1.31. The van der Waals surface area contributed by atoms with Gasteiger partial charge in [0.05, 0.1) is 39.6 Å². The van der Waals surface area contributed by atoms with E-state index in [2.05, 4.69) is 25.7 Å². The van der Waals surface area contributed by atoms with Crippen LogP contribution in [0.1, 0.15) is 69.9 Å². The van der Waals surface area contributed by atoms with E-state index < -0.39 is 49.4 Å². The van der Waals surface area contributed by atoms with Crippen molar-refractivity contribution in [3.63, 3.8) is 0 Å². The number of hydrogen-bond acceptors (Lipinski definition) is 12. The van der Waals surface area contributed by atoms with Crippen molar-refractivity contribution in [3.8, 4) is 17.6 Å². The number of nitrogens with one attached hydrogen (secondary N) is 1. The monoisotopic (exact) mass is 825 g/mol. The van der Waals surface area contributed by atoms with Crippen LogP contribution in [0.5, 0.6) is 11.5 Å². The number of methoxy groups -OCH3 is 2. The van der Waals surface area contributed by atoms with Crippen molar-refractivity contribution in [2.45, 2.75) is 94.3 Å². The highest BCUT2D eigenvalue weighted by atomic mass is 31.2. The Morgan fingerprint density at radius 1 is 0.983 bits per heavy atom. The molecule has 310 valence electrons. The van der Waals surface area contributed by atoms with Gasteiger partial charge in [0.1, 0.15) is 34.4 Å². The van der Waals surface area contributed by atoms with Crippen molar-refractivity contribution in [1.29, 1.82) is 5.26 Å². The number of nitrogens with zero attached hydrogens (tertiary/aromatic N) is 5. The van der Waals surface area contributed by atoms with Crippen LogP contribution in [0.4, 0.5) is 10.3 Å². The minimum Gasteiger partial charge on any atom is -0.497 e. The average Bonchev–Trinajstić information content (AvgIpc) is 3.44. The van der Waals surface area contributed by atoms with Crippen molar-refractivity contribution in [2.75, 3.05) is 26.6 Å². The van der Waals surface area contributed by atoms with Gasteiger partial charge in [0.2, 0.25) is 5.95 Å². The van der Waals surface area contributed by atoms with Gasteiger partial charge in [-0.2, -0.15) is 10.2 Å². The number of benzene rings is 3. The maximum absolute atomic E-state index is 18.2. The first-order valence-electron chi connectivity index (χ1n) is 19.8. The van der Waals surface area contributed by atoms with Crippen LogP contribution in [-0.2, 0) is 24.1 Å². The third-order valence-electron chi connectivity index (χ3n) is 11.7. The number of hydrogen-bond donors (Lipinski definition) is 2. The zero-order chi connectivity index (χ0) is 41.7. The van der Waals surface area contributed by atoms with E-state index in [9.17, 15) is 10.1 Å². The Bertz CT molecular complexity index is 2320. The number of aromatic amines is 1. The summed E-state index contributed by atoms with van der Waals surface area (Å²) in [6.45, 7) is 8.21. The van der Waals surface area contributed by atoms with E-state index in [1.54, 1.807) is 14.2 Å². The summed E-state index contributed by atoms with van der Waals surface area (Å²) in [6, 6.07) is 27.5. The number of rotatable bonds is 16. The van der Waals surface area contributed by atoms with Gasteiger partial charge in [-0.25, -0.2) is 14.0 Å². The van der Waals surface area contributed by atoms with Crippen LogP contribution >= 0.6 is 8.53 Å². The molecule has 0 bridgehead atoms. The lowest BCUT2D eigenvalue weighted by molar-refractivity contribution is -0.161. The zero-order valence-electron chi connectivity index (χ0n) is 33.9. The minimum atomic E-state index is -1.95. The largest absolute Gasteiger partial charge is 0.497 e. The number of fused-ring (bicyclic) bond motifs is 4. The lowest BCUT2D eigenvalue weighted by atomic mass is 9.79. The van der Waals surface area contributed by atoms with Gasteiger partial charge >= 0.3 is 0 Å². The molecule has 14 nitrogen and oxygen atoms in total. The molecule has 1 aliphatic heterocycles. The number of halogens is 1. The van der Waals surface area contributed by atoms with Gasteiger partial charge in [0.25, 0.3) is 14.1 Å². The predicted molar refractivity (Wildman–Crippen MR) is 219 cm³/mol. The van der Waals surface area contributed by atoms with Gasteiger partial charge in [0, 0.05) is 12.1 Å². The molecule has 59 heavy (non-hydrogen) atoms. The fourth-order valence-corrected chi connectivity index (χ4v) is 10.9. The number of nitriles is 1. The normalized spacial score (nSPS) is 25.3.